The maximum atomic E-state index is 14.3. The van der Waals surface area contributed by atoms with Crippen molar-refractivity contribution in [3.05, 3.63) is 68.8 Å². The maximum absolute atomic E-state index is 14.3. The van der Waals surface area contributed by atoms with Crippen molar-refractivity contribution < 1.29 is 8.78 Å². The molecule has 0 nitrogen and oxygen atoms in total. The number of rotatable bonds is 2. The molecular weight excluding hydrogens is 290 g/mol. The van der Waals surface area contributed by atoms with Gasteiger partial charge in [0.2, 0.25) is 0 Å². The van der Waals surface area contributed by atoms with E-state index < -0.39 is 17.0 Å². The Kier molecular flexibility index (Phi) is 4.38. The van der Waals surface area contributed by atoms with Gasteiger partial charge in [0, 0.05) is 5.56 Å². The number of halogens is 3. The van der Waals surface area contributed by atoms with Gasteiger partial charge in [0.05, 0.1) is 5.38 Å². The number of alkyl halides is 1. The first-order valence-corrected chi connectivity index (χ1v) is 7.35. The minimum atomic E-state index is -0.830. The topological polar surface area (TPSA) is 0 Å². The van der Waals surface area contributed by atoms with Gasteiger partial charge in [-0.2, -0.15) is 0 Å². The average molecular weight is 309 g/mol. The third-order valence-electron chi connectivity index (χ3n) is 4.25. The standard InChI is InChI=1S/C18H19ClF2/c1-9-6-7-14(20)16(18(9)21)17(19)15-12(4)10(2)8-11(3)13(15)5/h6-8,17H,1-5H3. The highest BCUT2D eigenvalue weighted by Gasteiger charge is 2.25. The van der Waals surface area contributed by atoms with Crippen LogP contribution in [-0.2, 0) is 0 Å². The lowest BCUT2D eigenvalue weighted by atomic mass is 9.89. The Hall–Kier alpha value is -1.41. The highest BCUT2D eigenvalue weighted by atomic mass is 35.5. The smallest absolute Gasteiger partial charge is 0.134 e. The third kappa shape index (κ3) is 2.69. The van der Waals surface area contributed by atoms with Gasteiger partial charge < -0.3 is 0 Å². The summed E-state index contributed by atoms with van der Waals surface area (Å²) in [6.07, 6.45) is 0. The van der Waals surface area contributed by atoms with Gasteiger partial charge in [-0.25, -0.2) is 8.78 Å². The molecule has 0 saturated heterocycles. The summed E-state index contributed by atoms with van der Waals surface area (Å²) in [5.41, 5.74) is 5.26. The zero-order chi connectivity index (χ0) is 15.9. The molecule has 3 heteroatoms. The predicted molar refractivity (Wildman–Crippen MR) is 84.2 cm³/mol. The van der Waals surface area contributed by atoms with Crippen molar-refractivity contribution in [3.8, 4) is 0 Å². The molecule has 0 fully saturated rings. The van der Waals surface area contributed by atoms with Crippen LogP contribution < -0.4 is 0 Å². The van der Waals surface area contributed by atoms with E-state index in [0.29, 0.717) is 5.56 Å². The fourth-order valence-corrected chi connectivity index (χ4v) is 3.21. The van der Waals surface area contributed by atoms with E-state index in [2.05, 4.69) is 6.07 Å². The van der Waals surface area contributed by atoms with Crippen LogP contribution in [-0.4, -0.2) is 0 Å². The highest BCUT2D eigenvalue weighted by molar-refractivity contribution is 6.23. The van der Waals surface area contributed by atoms with Crippen molar-refractivity contribution >= 4 is 11.6 Å². The third-order valence-corrected chi connectivity index (χ3v) is 4.69. The molecule has 21 heavy (non-hydrogen) atoms. The molecule has 0 saturated carbocycles. The Balaban J connectivity index is 2.72. The summed E-state index contributed by atoms with van der Waals surface area (Å²) in [6, 6.07) is 4.77. The number of hydrogen-bond acceptors (Lipinski definition) is 0. The van der Waals surface area contributed by atoms with Gasteiger partial charge in [-0.05, 0) is 74.1 Å². The molecule has 0 N–H and O–H groups in total. The Bertz CT molecular complexity index is 679. The minimum absolute atomic E-state index is 0.0622. The molecule has 0 aliphatic carbocycles. The van der Waals surface area contributed by atoms with Crippen LogP contribution in [0.4, 0.5) is 8.78 Å². The summed E-state index contributed by atoms with van der Waals surface area (Å²) in [5.74, 6) is -1.16. The first kappa shape index (κ1) is 16.0. The molecule has 1 unspecified atom stereocenters. The Morgan fingerprint density at radius 3 is 1.86 bits per heavy atom. The van der Waals surface area contributed by atoms with Gasteiger partial charge in [0.25, 0.3) is 0 Å². The molecule has 1 atom stereocenters. The predicted octanol–water partition coefficient (Wildman–Crippen LogP) is 5.84. The van der Waals surface area contributed by atoms with E-state index in [-0.39, 0.29) is 5.56 Å². The zero-order valence-corrected chi connectivity index (χ0v) is 13.7. The molecular formula is C18H19ClF2. The van der Waals surface area contributed by atoms with Crippen LogP contribution >= 0.6 is 11.6 Å². The molecule has 112 valence electrons. The average Bonchev–Trinajstić information content (AvgIpc) is 2.41. The summed E-state index contributed by atoms with van der Waals surface area (Å²) >= 11 is 6.49. The van der Waals surface area contributed by atoms with Crippen molar-refractivity contribution in [1.29, 1.82) is 0 Å². The monoisotopic (exact) mass is 308 g/mol. The molecule has 0 radical (unpaired) electrons. The Labute approximate surface area is 129 Å². The quantitative estimate of drug-likeness (QED) is 0.612. The molecule has 2 rings (SSSR count). The second-order valence-corrected chi connectivity index (χ2v) is 6.06. The molecule has 0 bridgehead atoms. The summed E-state index contributed by atoms with van der Waals surface area (Å²) in [6.45, 7) is 9.47. The SMILES string of the molecule is Cc1cc(C)c(C)c(C(Cl)c2c(F)ccc(C)c2F)c1C. The fourth-order valence-electron chi connectivity index (χ4n) is 2.68. The van der Waals surface area contributed by atoms with Crippen molar-refractivity contribution in [1.82, 2.24) is 0 Å². The molecule has 0 aliphatic rings. The molecule has 0 aliphatic heterocycles. The van der Waals surface area contributed by atoms with E-state index in [1.165, 1.54) is 12.1 Å². The highest BCUT2D eigenvalue weighted by Crippen LogP contribution is 2.38. The molecule has 2 aromatic rings. The van der Waals surface area contributed by atoms with E-state index in [0.717, 1.165) is 27.8 Å². The van der Waals surface area contributed by atoms with E-state index in [4.69, 9.17) is 11.6 Å². The van der Waals surface area contributed by atoms with E-state index in [9.17, 15) is 8.78 Å². The van der Waals surface area contributed by atoms with E-state index >= 15 is 0 Å². The fraction of sp³-hybridized carbons (Fsp3) is 0.333. The molecule has 0 heterocycles. The zero-order valence-electron chi connectivity index (χ0n) is 12.9. The number of benzene rings is 2. The number of hydrogen-bond donors (Lipinski definition) is 0. The van der Waals surface area contributed by atoms with Gasteiger partial charge >= 0.3 is 0 Å². The lowest BCUT2D eigenvalue weighted by Crippen LogP contribution is -2.08. The van der Waals surface area contributed by atoms with Crippen LogP contribution in [0.1, 0.15) is 44.3 Å². The van der Waals surface area contributed by atoms with E-state index in [1.54, 1.807) is 6.92 Å². The van der Waals surface area contributed by atoms with Gasteiger partial charge in [0.15, 0.2) is 0 Å². The summed E-state index contributed by atoms with van der Waals surface area (Å²) < 4.78 is 28.4. The van der Waals surface area contributed by atoms with Crippen LogP contribution in [0.25, 0.3) is 0 Å². The largest absolute Gasteiger partial charge is 0.207 e. The maximum Gasteiger partial charge on any atom is 0.134 e. The van der Waals surface area contributed by atoms with Gasteiger partial charge in [-0.3, -0.25) is 0 Å². The van der Waals surface area contributed by atoms with Crippen molar-refractivity contribution in [2.24, 2.45) is 0 Å². The normalized spacial score (nSPS) is 12.6. The molecule has 0 amide bonds. The molecule has 0 aromatic heterocycles. The van der Waals surface area contributed by atoms with Crippen LogP contribution in [0.2, 0.25) is 0 Å². The lowest BCUT2D eigenvalue weighted by molar-refractivity contribution is 0.553. The first-order valence-electron chi connectivity index (χ1n) is 6.91. The minimum Gasteiger partial charge on any atom is -0.207 e. The first-order chi connectivity index (χ1) is 9.75. The summed E-state index contributed by atoms with van der Waals surface area (Å²) in [4.78, 5) is 0. The Morgan fingerprint density at radius 2 is 1.33 bits per heavy atom. The van der Waals surface area contributed by atoms with Crippen molar-refractivity contribution in [3.63, 3.8) is 0 Å². The second kappa shape index (κ2) is 5.76. The van der Waals surface area contributed by atoms with Crippen molar-refractivity contribution in [2.75, 3.05) is 0 Å². The van der Waals surface area contributed by atoms with Gasteiger partial charge in [0.1, 0.15) is 11.6 Å². The van der Waals surface area contributed by atoms with Crippen LogP contribution in [0.5, 0.6) is 0 Å². The molecule has 2 aromatic carbocycles. The lowest BCUT2D eigenvalue weighted by Gasteiger charge is -2.21. The molecule has 0 spiro atoms. The van der Waals surface area contributed by atoms with Crippen molar-refractivity contribution in [2.45, 2.75) is 40.0 Å². The Morgan fingerprint density at radius 1 is 0.810 bits per heavy atom. The van der Waals surface area contributed by atoms with Crippen LogP contribution in [0.15, 0.2) is 18.2 Å². The van der Waals surface area contributed by atoms with E-state index in [1.807, 2.05) is 27.7 Å². The van der Waals surface area contributed by atoms with Gasteiger partial charge in [-0.15, -0.1) is 11.6 Å². The number of aryl methyl sites for hydroxylation is 3. The van der Waals surface area contributed by atoms with Gasteiger partial charge in [-0.1, -0.05) is 12.1 Å². The second-order valence-electron chi connectivity index (χ2n) is 5.63. The van der Waals surface area contributed by atoms with Crippen LogP contribution in [0.3, 0.4) is 0 Å². The summed E-state index contributed by atoms with van der Waals surface area (Å²) in [7, 11) is 0. The van der Waals surface area contributed by atoms with Crippen LogP contribution in [0, 0.1) is 46.3 Å². The summed E-state index contributed by atoms with van der Waals surface area (Å²) in [5, 5.41) is -0.830.